The maximum atomic E-state index is 12.9. The number of fused-ring (bicyclic) bond motifs is 1. The third-order valence-electron chi connectivity index (χ3n) is 5.06. The molecule has 0 spiro atoms. The number of thiazole rings is 1. The minimum Gasteiger partial charge on any atom is -0.548 e. The molecule has 4 N–H and O–H groups in total. The molecule has 2 amide bonds. The number of thioether (sulfide) groups is 2. The van der Waals surface area contributed by atoms with E-state index in [-0.39, 0.29) is 57.0 Å². The summed E-state index contributed by atoms with van der Waals surface area (Å²) in [4.78, 5) is 74.0. The summed E-state index contributed by atoms with van der Waals surface area (Å²) < 4.78 is 1.23. The van der Waals surface area contributed by atoms with E-state index in [0.717, 1.165) is 39.8 Å². The number of H-pyrrole nitrogens is 1. The molecule has 4 heterocycles. The SMILES string of the molecule is CO/N=C(\C(=O)N[C@@H]1C(=O)N2C(C(=O)[O-])C(CSc3nc(=O)c(=O)[nH]n3C)=CS[C@H]12)c1csc(N)n1.[Na+]. The normalized spacial score (nSPS) is 20.8. The molecule has 2 aromatic heterocycles. The Morgan fingerprint density at radius 1 is 1.35 bits per heavy atom. The Hall–Kier alpha value is -2.64. The Kier molecular flexibility index (Phi) is 9.24. The number of carbonyl (C=O) groups excluding carboxylic acids is 3. The summed E-state index contributed by atoms with van der Waals surface area (Å²) in [6.45, 7) is 0. The second kappa shape index (κ2) is 11.8. The molecule has 2 aliphatic heterocycles. The molecule has 0 radical (unpaired) electrons. The Labute approximate surface area is 242 Å². The van der Waals surface area contributed by atoms with E-state index < -0.39 is 46.4 Å². The van der Waals surface area contributed by atoms with Crippen LogP contribution in [0.15, 0.2) is 36.3 Å². The van der Waals surface area contributed by atoms with Crippen molar-refractivity contribution >= 4 is 63.5 Å². The molecule has 37 heavy (non-hydrogen) atoms. The number of nitrogen functional groups attached to an aromatic ring is 1. The average Bonchev–Trinajstić information content (AvgIpc) is 3.27. The molecule has 19 heteroatoms. The number of nitrogens with zero attached hydrogens (tertiary/aromatic N) is 5. The van der Waals surface area contributed by atoms with Crippen molar-refractivity contribution in [1.29, 1.82) is 0 Å². The minimum absolute atomic E-state index is 0. The number of nitrogens with two attached hydrogens (primary N) is 1. The number of β-lactam (4-membered cyclic amide) rings is 1. The Bertz CT molecular complexity index is 1420. The van der Waals surface area contributed by atoms with Crippen LogP contribution < -0.4 is 56.8 Å². The van der Waals surface area contributed by atoms with Crippen molar-refractivity contribution in [3.63, 3.8) is 0 Å². The first kappa shape index (κ1) is 28.9. The first-order valence-electron chi connectivity index (χ1n) is 9.93. The first-order chi connectivity index (χ1) is 17.1. The number of amides is 2. The van der Waals surface area contributed by atoms with Crippen LogP contribution in [0, 0.1) is 0 Å². The third kappa shape index (κ3) is 5.78. The van der Waals surface area contributed by atoms with Crippen LogP contribution in [0.5, 0.6) is 0 Å². The van der Waals surface area contributed by atoms with Crippen molar-refractivity contribution in [3.05, 3.63) is 42.8 Å². The van der Waals surface area contributed by atoms with Gasteiger partial charge in [0, 0.05) is 18.2 Å². The quantitative estimate of drug-likeness (QED) is 0.0668. The zero-order valence-corrected chi connectivity index (χ0v) is 23.9. The van der Waals surface area contributed by atoms with Crippen LogP contribution in [0.3, 0.4) is 0 Å². The predicted octanol–water partition coefficient (Wildman–Crippen LogP) is -5.94. The molecule has 4 rings (SSSR count). The molecular formula is C18H17N8NaO7S3. The molecule has 1 unspecified atom stereocenters. The van der Waals surface area contributed by atoms with E-state index in [1.54, 1.807) is 5.41 Å². The van der Waals surface area contributed by atoms with Crippen molar-refractivity contribution in [2.24, 2.45) is 12.2 Å². The molecular weight excluding hydrogens is 559 g/mol. The van der Waals surface area contributed by atoms with E-state index >= 15 is 0 Å². The number of nitrogens with one attached hydrogen (secondary N) is 2. The smallest absolute Gasteiger partial charge is 0.548 e. The molecule has 1 fully saturated rings. The van der Waals surface area contributed by atoms with Crippen LogP contribution in [0.1, 0.15) is 5.69 Å². The number of carboxylic acid groups (broad SMARTS) is 1. The van der Waals surface area contributed by atoms with E-state index in [1.807, 2.05) is 0 Å². The Morgan fingerprint density at radius 3 is 2.70 bits per heavy atom. The van der Waals surface area contributed by atoms with Crippen LogP contribution in [0.2, 0.25) is 0 Å². The van der Waals surface area contributed by atoms with Gasteiger partial charge in [-0.25, -0.2) is 4.98 Å². The average molecular weight is 577 g/mol. The van der Waals surface area contributed by atoms with Crippen LogP contribution in [0.25, 0.3) is 0 Å². The second-order valence-corrected chi connectivity index (χ2v) is 10.1. The summed E-state index contributed by atoms with van der Waals surface area (Å²) in [6.07, 6.45) is 0. The zero-order chi connectivity index (χ0) is 26.1. The van der Waals surface area contributed by atoms with Gasteiger partial charge in [-0.15, -0.1) is 23.1 Å². The number of aromatic amines is 1. The van der Waals surface area contributed by atoms with Crippen molar-refractivity contribution in [1.82, 2.24) is 30.0 Å². The van der Waals surface area contributed by atoms with Crippen LogP contribution in [0.4, 0.5) is 5.13 Å². The van der Waals surface area contributed by atoms with E-state index in [1.165, 1.54) is 24.2 Å². The monoisotopic (exact) mass is 576 g/mol. The Balaban J connectivity index is 0.00000380. The summed E-state index contributed by atoms with van der Waals surface area (Å²) in [6, 6.07) is -2.43. The van der Waals surface area contributed by atoms with Crippen LogP contribution >= 0.6 is 34.9 Å². The number of rotatable bonds is 8. The number of aryl methyl sites for hydroxylation is 1. The van der Waals surface area contributed by atoms with Crippen molar-refractivity contribution in [2.75, 3.05) is 18.6 Å². The van der Waals surface area contributed by atoms with Gasteiger partial charge in [-0.3, -0.25) is 29.0 Å². The molecule has 0 bridgehead atoms. The minimum atomic E-state index is -1.51. The molecule has 3 atom stereocenters. The second-order valence-electron chi connectivity index (χ2n) is 7.32. The van der Waals surface area contributed by atoms with E-state index in [9.17, 15) is 29.1 Å². The van der Waals surface area contributed by atoms with Gasteiger partial charge < -0.3 is 30.7 Å². The maximum Gasteiger partial charge on any atom is 1.00 e. The standard InChI is InChI=1S/C18H18N8O7S3.Na/c1-25-18(22-12(28)13(29)23-25)36-4-6-3-34-15-9(14(30)26(15)10(6)16(31)32)21-11(27)8(24-33-2)7-5-35-17(19)20-7;/h3,5,9-10,15H,4H2,1-2H3,(H2,19,20)(H,21,27)(H,23,29)(H,31,32);/q;+1/p-1/b24-8-;/t9-,10?,15-;/m1./s1. The first-order valence-corrected chi connectivity index (χ1v) is 12.7. The molecule has 15 nitrogen and oxygen atoms in total. The van der Waals surface area contributed by atoms with Gasteiger partial charge in [-0.2, -0.15) is 4.98 Å². The van der Waals surface area contributed by atoms with Crippen molar-refractivity contribution < 1.29 is 53.9 Å². The summed E-state index contributed by atoms with van der Waals surface area (Å²) in [7, 11) is 2.71. The molecule has 0 saturated carbocycles. The van der Waals surface area contributed by atoms with Gasteiger partial charge >= 0.3 is 40.7 Å². The zero-order valence-electron chi connectivity index (χ0n) is 19.5. The van der Waals surface area contributed by atoms with Crippen LogP contribution in [-0.4, -0.2) is 78.5 Å². The topological polar surface area (TPSA) is 218 Å². The van der Waals surface area contributed by atoms with Crippen molar-refractivity contribution in [3.8, 4) is 0 Å². The molecule has 1 saturated heterocycles. The van der Waals surface area contributed by atoms with Gasteiger partial charge in [-0.05, 0) is 11.0 Å². The number of hydrogen-bond acceptors (Lipinski definition) is 14. The molecule has 0 aliphatic carbocycles. The van der Waals surface area contributed by atoms with Gasteiger partial charge in [0.2, 0.25) is 5.91 Å². The number of carbonyl (C=O) groups is 3. The molecule has 2 aliphatic rings. The summed E-state index contributed by atoms with van der Waals surface area (Å²) in [5, 5.41) is 23.2. The predicted molar refractivity (Wildman–Crippen MR) is 128 cm³/mol. The van der Waals surface area contributed by atoms with Crippen molar-refractivity contribution in [2.45, 2.75) is 22.6 Å². The maximum absolute atomic E-state index is 12.9. The summed E-state index contributed by atoms with van der Waals surface area (Å²) >= 11 is 3.23. The number of oxime groups is 1. The largest absolute Gasteiger partial charge is 1.00 e. The molecule has 2 aromatic rings. The van der Waals surface area contributed by atoms with Gasteiger partial charge in [0.25, 0.3) is 5.91 Å². The molecule has 0 aromatic carbocycles. The number of aromatic nitrogens is 4. The van der Waals surface area contributed by atoms with Gasteiger partial charge in [0.05, 0.1) is 12.0 Å². The summed E-state index contributed by atoms with van der Waals surface area (Å²) in [5.74, 6) is -2.84. The van der Waals surface area contributed by atoms with Crippen LogP contribution in [-0.2, 0) is 26.3 Å². The number of anilines is 1. The number of hydrogen-bond donors (Lipinski definition) is 3. The Morgan fingerprint density at radius 2 is 2.08 bits per heavy atom. The van der Waals surface area contributed by atoms with Gasteiger partial charge in [0.15, 0.2) is 16.0 Å². The fraction of sp³-hybridized carbons (Fsp3) is 0.333. The number of aliphatic carboxylic acids is 1. The fourth-order valence-electron chi connectivity index (χ4n) is 3.46. The van der Waals surface area contributed by atoms with E-state index in [2.05, 4.69) is 25.5 Å². The third-order valence-corrected chi connectivity index (χ3v) is 8.05. The van der Waals surface area contributed by atoms with E-state index in [4.69, 9.17) is 10.6 Å². The van der Waals surface area contributed by atoms with Gasteiger partial charge in [0.1, 0.15) is 24.2 Å². The fourth-order valence-corrected chi connectivity index (χ4v) is 6.26. The van der Waals surface area contributed by atoms with Gasteiger partial charge in [-0.1, -0.05) is 16.9 Å². The molecule has 190 valence electrons. The van der Waals surface area contributed by atoms with E-state index in [0.29, 0.717) is 5.57 Å². The summed E-state index contributed by atoms with van der Waals surface area (Å²) in [5.41, 5.74) is 4.03. The number of carboxylic acids is 1.